The van der Waals surface area contributed by atoms with E-state index in [1.54, 1.807) is 12.3 Å². The molecule has 1 aromatic carbocycles. The molecule has 0 radical (unpaired) electrons. The maximum absolute atomic E-state index is 12.5. The van der Waals surface area contributed by atoms with Gasteiger partial charge in [0.05, 0.1) is 17.3 Å². The highest BCUT2D eigenvalue weighted by atomic mass is 19.4. The van der Waals surface area contributed by atoms with Crippen LogP contribution in [0.4, 0.5) is 13.2 Å². The Morgan fingerprint density at radius 3 is 2.67 bits per heavy atom. The fourth-order valence-electron chi connectivity index (χ4n) is 2.05. The number of hydrogen-bond acceptors (Lipinski definition) is 3. The zero-order valence-corrected chi connectivity index (χ0v) is 14.7. The van der Waals surface area contributed by atoms with Gasteiger partial charge in [0, 0.05) is 24.4 Å². The first-order valence-electron chi connectivity index (χ1n) is 8.34. The van der Waals surface area contributed by atoms with E-state index in [0.717, 1.165) is 31.4 Å². The van der Waals surface area contributed by atoms with E-state index in [-0.39, 0.29) is 0 Å². The van der Waals surface area contributed by atoms with E-state index >= 15 is 0 Å². The summed E-state index contributed by atoms with van der Waals surface area (Å²) in [6.07, 6.45) is 2.69. The smallest absolute Gasteiger partial charge is 0.267 e. The quantitative estimate of drug-likeness (QED) is 0.365. The minimum Gasteiger partial charge on any atom is -0.267 e. The summed E-state index contributed by atoms with van der Waals surface area (Å²) >= 11 is 0. The molecule has 140 valence electrons. The Balaban J connectivity index is 1.97. The molecule has 0 aliphatic rings. The molecule has 0 spiro atoms. The Labute approximate surface area is 155 Å². The average Bonchev–Trinajstić information content (AvgIpc) is 2.65. The Morgan fingerprint density at radius 1 is 1.26 bits per heavy atom. The van der Waals surface area contributed by atoms with Crippen molar-refractivity contribution in [3.8, 4) is 11.8 Å². The number of alkyl halides is 3. The summed E-state index contributed by atoms with van der Waals surface area (Å²) in [5, 5.41) is 3.76. The third kappa shape index (κ3) is 6.59. The number of hydrazone groups is 1. The highest BCUT2D eigenvalue weighted by molar-refractivity contribution is 5.94. The van der Waals surface area contributed by atoms with E-state index in [4.69, 9.17) is 0 Å². The molecule has 0 atom stereocenters. The minimum absolute atomic E-state index is 0.293. The van der Waals surface area contributed by atoms with E-state index in [0.29, 0.717) is 16.7 Å². The van der Waals surface area contributed by atoms with Crippen LogP contribution >= 0.6 is 0 Å². The van der Waals surface area contributed by atoms with E-state index in [1.807, 2.05) is 0 Å². The molecule has 7 heteroatoms. The highest BCUT2D eigenvalue weighted by Crippen LogP contribution is 2.28. The van der Waals surface area contributed by atoms with Gasteiger partial charge in [-0.25, -0.2) is 5.43 Å². The van der Waals surface area contributed by atoms with E-state index in [2.05, 4.69) is 34.3 Å². The summed E-state index contributed by atoms with van der Waals surface area (Å²) in [6.45, 7) is 2.08. The van der Waals surface area contributed by atoms with Crippen LogP contribution in [-0.2, 0) is 6.18 Å². The molecule has 2 rings (SSSR count). The van der Waals surface area contributed by atoms with Gasteiger partial charge in [-0.15, -0.1) is 0 Å². The number of unbranched alkanes of at least 4 members (excludes halogenated alkanes) is 2. The Hall–Kier alpha value is -3.14. The second kappa shape index (κ2) is 9.53. The molecule has 1 heterocycles. The predicted octanol–water partition coefficient (Wildman–Crippen LogP) is 4.41. The van der Waals surface area contributed by atoms with Crippen LogP contribution in [0.2, 0.25) is 0 Å². The summed E-state index contributed by atoms with van der Waals surface area (Å²) in [7, 11) is 0. The van der Waals surface area contributed by atoms with Crippen molar-refractivity contribution in [2.75, 3.05) is 0 Å². The fraction of sp³-hybridized carbons (Fsp3) is 0.250. The van der Waals surface area contributed by atoms with Crippen molar-refractivity contribution in [3.05, 3.63) is 65.0 Å². The van der Waals surface area contributed by atoms with Gasteiger partial charge >= 0.3 is 6.18 Å². The van der Waals surface area contributed by atoms with Crippen molar-refractivity contribution >= 4 is 12.1 Å². The molecule has 1 N–H and O–H groups in total. The number of halogens is 3. The van der Waals surface area contributed by atoms with Gasteiger partial charge in [-0.1, -0.05) is 37.3 Å². The van der Waals surface area contributed by atoms with Gasteiger partial charge < -0.3 is 0 Å². The molecular weight excluding hydrogens is 355 g/mol. The molecule has 0 aliphatic carbocycles. The lowest BCUT2D eigenvalue weighted by molar-refractivity contribution is -0.137. The molecule has 0 aliphatic heterocycles. The van der Waals surface area contributed by atoms with Crippen molar-refractivity contribution in [2.45, 2.75) is 32.4 Å². The predicted molar refractivity (Wildman–Crippen MR) is 97.1 cm³/mol. The van der Waals surface area contributed by atoms with Crippen LogP contribution in [0.25, 0.3) is 0 Å². The Morgan fingerprint density at radius 2 is 2.00 bits per heavy atom. The summed E-state index contributed by atoms with van der Waals surface area (Å²) in [5.74, 6) is 5.48. The second-order valence-electron chi connectivity index (χ2n) is 5.69. The van der Waals surface area contributed by atoms with Crippen LogP contribution < -0.4 is 5.43 Å². The third-order valence-electron chi connectivity index (χ3n) is 3.51. The van der Waals surface area contributed by atoms with Crippen molar-refractivity contribution in [1.29, 1.82) is 0 Å². The number of nitrogens with one attached hydrogen (secondary N) is 1. The van der Waals surface area contributed by atoms with Gasteiger partial charge in [0.15, 0.2) is 0 Å². The standard InChI is InChI=1S/C20H18F3N3O/c1-2-3-4-5-6-16-11-17(14-24-12-16)19(27)26-25-13-15-7-9-18(10-8-15)20(21,22)23/h7-14H,2-4H2,1H3,(H,26,27). The summed E-state index contributed by atoms with van der Waals surface area (Å²) < 4.78 is 37.5. The van der Waals surface area contributed by atoms with Crippen LogP contribution in [-0.4, -0.2) is 17.1 Å². The topological polar surface area (TPSA) is 54.4 Å². The van der Waals surface area contributed by atoms with Crippen molar-refractivity contribution in [3.63, 3.8) is 0 Å². The number of nitrogens with zero attached hydrogens (tertiary/aromatic N) is 2. The van der Waals surface area contributed by atoms with E-state index in [9.17, 15) is 18.0 Å². The summed E-state index contributed by atoms with van der Waals surface area (Å²) in [6, 6.07) is 6.05. The molecule has 0 bridgehead atoms. The van der Waals surface area contributed by atoms with Gasteiger partial charge in [0.2, 0.25) is 0 Å². The lowest BCUT2D eigenvalue weighted by atomic mass is 10.1. The van der Waals surface area contributed by atoms with Gasteiger partial charge in [-0.3, -0.25) is 9.78 Å². The molecule has 0 saturated carbocycles. The summed E-state index contributed by atoms with van der Waals surface area (Å²) in [4.78, 5) is 16.1. The monoisotopic (exact) mass is 373 g/mol. The van der Waals surface area contributed by atoms with Gasteiger partial charge in [-0.05, 0) is 30.2 Å². The zero-order valence-electron chi connectivity index (χ0n) is 14.7. The minimum atomic E-state index is -4.39. The molecule has 4 nitrogen and oxygen atoms in total. The largest absolute Gasteiger partial charge is 0.416 e. The molecular formula is C20H18F3N3O. The number of rotatable bonds is 5. The lowest BCUT2D eigenvalue weighted by Crippen LogP contribution is -2.18. The van der Waals surface area contributed by atoms with Gasteiger partial charge in [0.1, 0.15) is 0 Å². The number of carbonyl (C=O) groups is 1. The van der Waals surface area contributed by atoms with Crippen LogP contribution in [0, 0.1) is 11.8 Å². The van der Waals surface area contributed by atoms with E-state index in [1.165, 1.54) is 24.5 Å². The third-order valence-corrected chi connectivity index (χ3v) is 3.51. The SMILES string of the molecule is CCCCC#Cc1cncc(C(=O)NN=Cc2ccc(C(F)(F)F)cc2)c1. The van der Waals surface area contributed by atoms with Crippen LogP contribution in [0.5, 0.6) is 0 Å². The van der Waals surface area contributed by atoms with Crippen molar-refractivity contribution < 1.29 is 18.0 Å². The lowest BCUT2D eigenvalue weighted by Gasteiger charge is -2.05. The molecule has 0 unspecified atom stereocenters. The highest BCUT2D eigenvalue weighted by Gasteiger charge is 2.29. The maximum Gasteiger partial charge on any atom is 0.416 e. The Kier molecular flexibility index (Phi) is 7.12. The first kappa shape index (κ1) is 20.2. The number of pyridine rings is 1. The number of benzene rings is 1. The number of aromatic nitrogens is 1. The number of hydrogen-bond donors (Lipinski definition) is 1. The number of amides is 1. The van der Waals surface area contributed by atoms with Crippen molar-refractivity contribution in [1.82, 2.24) is 10.4 Å². The second-order valence-corrected chi connectivity index (χ2v) is 5.69. The van der Waals surface area contributed by atoms with Gasteiger partial charge in [0.25, 0.3) is 5.91 Å². The van der Waals surface area contributed by atoms with Crippen molar-refractivity contribution in [2.24, 2.45) is 5.10 Å². The first-order valence-corrected chi connectivity index (χ1v) is 8.34. The van der Waals surface area contributed by atoms with Crippen LogP contribution in [0.15, 0.2) is 47.8 Å². The number of carbonyl (C=O) groups excluding carboxylic acids is 1. The van der Waals surface area contributed by atoms with Crippen LogP contribution in [0.1, 0.15) is 53.2 Å². The molecule has 0 fully saturated rings. The first-order chi connectivity index (χ1) is 12.9. The zero-order chi connectivity index (χ0) is 19.7. The fourth-order valence-corrected chi connectivity index (χ4v) is 2.05. The molecule has 27 heavy (non-hydrogen) atoms. The van der Waals surface area contributed by atoms with E-state index < -0.39 is 17.6 Å². The Bertz CT molecular complexity index is 863. The molecule has 0 saturated heterocycles. The molecule has 1 aromatic heterocycles. The molecule has 2 aromatic rings. The normalized spacial score (nSPS) is 11.1. The maximum atomic E-state index is 12.5. The van der Waals surface area contributed by atoms with Crippen LogP contribution in [0.3, 0.4) is 0 Å². The molecule has 1 amide bonds. The average molecular weight is 373 g/mol. The summed E-state index contributed by atoms with van der Waals surface area (Å²) in [5.41, 5.74) is 2.92. The van der Waals surface area contributed by atoms with Gasteiger partial charge in [-0.2, -0.15) is 18.3 Å².